The van der Waals surface area contributed by atoms with E-state index in [1.807, 2.05) is 20.8 Å². The molecule has 5 nitrogen and oxygen atoms in total. The van der Waals surface area contributed by atoms with Gasteiger partial charge in [0.05, 0.1) is 19.2 Å². The minimum atomic E-state index is -0.365. The third-order valence-electron chi connectivity index (χ3n) is 3.93. The van der Waals surface area contributed by atoms with Gasteiger partial charge in [-0.05, 0) is 51.5 Å². The van der Waals surface area contributed by atoms with Gasteiger partial charge in [0, 0.05) is 10.4 Å². The van der Waals surface area contributed by atoms with Gasteiger partial charge in [0.15, 0.2) is 0 Å². The summed E-state index contributed by atoms with van der Waals surface area (Å²) < 4.78 is 4.92. The molecule has 2 rings (SSSR count). The number of nitrogens with one attached hydrogen (secondary N) is 2. The Kier molecular flexibility index (Phi) is 5.47. The van der Waals surface area contributed by atoms with Crippen LogP contribution in [0.4, 0.5) is 5.00 Å². The first-order valence-corrected chi connectivity index (χ1v) is 8.80. The number of fused-ring (bicyclic) bond motifs is 1. The molecule has 2 N–H and O–H groups in total. The van der Waals surface area contributed by atoms with Gasteiger partial charge >= 0.3 is 5.97 Å². The Morgan fingerprint density at radius 2 is 2.04 bits per heavy atom. The molecule has 0 aromatic carbocycles. The summed E-state index contributed by atoms with van der Waals surface area (Å²) in [6.07, 6.45) is 2.89. The second-order valence-electron chi connectivity index (χ2n) is 7.20. The minimum absolute atomic E-state index is 0.132. The van der Waals surface area contributed by atoms with E-state index in [1.54, 1.807) is 0 Å². The van der Waals surface area contributed by atoms with Crippen LogP contribution in [0.3, 0.4) is 0 Å². The summed E-state index contributed by atoms with van der Waals surface area (Å²) in [6, 6.07) is 0. The summed E-state index contributed by atoms with van der Waals surface area (Å²) in [6.45, 7) is 8.44. The maximum atomic E-state index is 12.2. The van der Waals surface area contributed by atoms with Crippen LogP contribution >= 0.6 is 11.3 Å². The Morgan fingerprint density at radius 1 is 1.35 bits per heavy atom. The second kappa shape index (κ2) is 7.01. The third kappa shape index (κ3) is 4.54. The first kappa shape index (κ1) is 17.9. The van der Waals surface area contributed by atoms with Crippen LogP contribution < -0.4 is 10.6 Å². The predicted octanol–water partition coefficient (Wildman–Crippen LogP) is 2.99. The molecule has 0 bridgehead atoms. The van der Waals surface area contributed by atoms with E-state index in [-0.39, 0.29) is 24.0 Å². The van der Waals surface area contributed by atoms with Crippen molar-refractivity contribution < 1.29 is 14.3 Å². The fourth-order valence-corrected chi connectivity index (χ4v) is 4.09. The average molecular weight is 338 g/mol. The van der Waals surface area contributed by atoms with Gasteiger partial charge in [-0.1, -0.05) is 6.92 Å². The molecule has 0 unspecified atom stereocenters. The van der Waals surface area contributed by atoms with Crippen LogP contribution in [0, 0.1) is 5.92 Å². The molecular weight excluding hydrogens is 312 g/mol. The smallest absolute Gasteiger partial charge is 0.341 e. The highest BCUT2D eigenvalue weighted by Crippen LogP contribution is 2.39. The van der Waals surface area contributed by atoms with Crippen LogP contribution in [0.5, 0.6) is 0 Å². The Bertz CT molecular complexity index is 602. The van der Waals surface area contributed by atoms with Crippen LogP contribution in [-0.2, 0) is 22.4 Å². The summed E-state index contributed by atoms with van der Waals surface area (Å²) in [4.78, 5) is 25.5. The van der Waals surface area contributed by atoms with Gasteiger partial charge in [-0.2, -0.15) is 0 Å². The standard InChI is InChI=1S/C17H26N2O3S/c1-10-6-7-11-12(8-10)23-15(14(11)16(21)22-5)19-13(20)9-18-17(2,3)4/h10,18H,6-9H2,1-5H3,(H,19,20)/t10-/m0/s1. The second-order valence-corrected chi connectivity index (χ2v) is 8.30. The molecule has 0 spiro atoms. The van der Waals surface area contributed by atoms with E-state index >= 15 is 0 Å². The number of hydrogen-bond donors (Lipinski definition) is 2. The molecule has 128 valence electrons. The van der Waals surface area contributed by atoms with Gasteiger partial charge in [0.25, 0.3) is 0 Å². The Morgan fingerprint density at radius 3 is 2.65 bits per heavy atom. The molecule has 1 aromatic heterocycles. The molecule has 0 aliphatic heterocycles. The zero-order valence-electron chi connectivity index (χ0n) is 14.5. The number of anilines is 1. The number of carbonyl (C=O) groups excluding carboxylic acids is 2. The maximum absolute atomic E-state index is 12.2. The van der Waals surface area contributed by atoms with Crippen molar-refractivity contribution in [3.63, 3.8) is 0 Å². The van der Waals surface area contributed by atoms with Crippen LogP contribution in [-0.4, -0.2) is 31.1 Å². The van der Waals surface area contributed by atoms with Gasteiger partial charge in [-0.3, -0.25) is 4.79 Å². The quantitative estimate of drug-likeness (QED) is 0.828. The van der Waals surface area contributed by atoms with E-state index in [4.69, 9.17) is 4.74 Å². The summed E-state index contributed by atoms with van der Waals surface area (Å²) in [7, 11) is 1.38. The minimum Gasteiger partial charge on any atom is -0.465 e. The van der Waals surface area contributed by atoms with Crippen molar-refractivity contribution in [1.82, 2.24) is 5.32 Å². The Hall–Kier alpha value is -1.40. The number of hydrogen-bond acceptors (Lipinski definition) is 5. The van der Waals surface area contributed by atoms with Crippen LogP contribution in [0.25, 0.3) is 0 Å². The lowest BCUT2D eigenvalue weighted by Gasteiger charge is -2.20. The van der Waals surface area contributed by atoms with Crippen molar-refractivity contribution in [2.45, 2.75) is 52.5 Å². The number of carbonyl (C=O) groups is 2. The lowest BCUT2D eigenvalue weighted by Crippen LogP contribution is -2.41. The van der Waals surface area contributed by atoms with Gasteiger partial charge in [0.2, 0.25) is 5.91 Å². The van der Waals surface area contributed by atoms with Gasteiger partial charge in [0.1, 0.15) is 5.00 Å². The summed E-state index contributed by atoms with van der Waals surface area (Å²) in [5, 5.41) is 6.66. The topological polar surface area (TPSA) is 67.4 Å². The molecule has 23 heavy (non-hydrogen) atoms. The molecule has 1 amide bonds. The first-order valence-electron chi connectivity index (χ1n) is 7.99. The zero-order valence-corrected chi connectivity index (χ0v) is 15.4. The third-order valence-corrected chi connectivity index (χ3v) is 5.10. The van der Waals surface area contributed by atoms with E-state index < -0.39 is 0 Å². The first-order chi connectivity index (χ1) is 10.7. The van der Waals surface area contributed by atoms with Gasteiger partial charge in [-0.25, -0.2) is 4.79 Å². The van der Waals surface area contributed by atoms with Crippen molar-refractivity contribution in [2.75, 3.05) is 19.0 Å². The SMILES string of the molecule is COC(=O)c1c(NC(=O)CNC(C)(C)C)sc2c1CC[C@H](C)C2. The number of esters is 1. The molecule has 0 saturated heterocycles. The van der Waals surface area contributed by atoms with Crippen molar-refractivity contribution in [2.24, 2.45) is 5.92 Å². The van der Waals surface area contributed by atoms with Crippen LogP contribution in [0.15, 0.2) is 0 Å². The maximum Gasteiger partial charge on any atom is 0.341 e. The van der Waals surface area contributed by atoms with Crippen molar-refractivity contribution >= 4 is 28.2 Å². The van der Waals surface area contributed by atoms with Crippen molar-refractivity contribution in [3.05, 3.63) is 16.0 Å². The highest BCUT2D eigenvalue weighted by Gasteiger charge is 2.28. The fraction of sp³-hybridized carbons (Fsp3) is 0.647. The molecule has 1 heterocycles. The molecule has 1 aromatic rings. The summed E-state index contributed by atoms with van der Waals surface area (Å²) in [5.41, 5.74) is 1.47. The van der Waals surface area contributed by atoms with E-state index in [9.17, 15) is 9.59 Å². The highest BCUT2D eigenvalue weighted by molar-refractivity contribution is 7.17. The molecule has 1 atom stereocenters. The largest absolute Gasteiger partial charge is 0.465 e. The van der Waals surface area contributed by atoms with Crippen molar-refractivity contribution in [1.29, 1.82) is 0 Å². The van der Waals surface area contributed by atoms with Crippen LogP contribution in [0.1, 0.15) is 54.9 Å². The predicted molar refractivity (Wildman–Crippen MR) is 93.2 cm³/mol. The summed E-state index contributed by atoms with van der Waals surface area (Å²) in [5.74, 6) is 0.102. The number of rotatable bonds is 4. The normalized spacial score (nSPS) is 17.5. The number of ether oxygens (including phenoxy) is 1. The monoisotopic (exact) mass is 338 g/mol. The fourth-order valence-electron chi connectivity index (χ4n) is 2.67. The van der Waals surface area contributed by atoms with E-state index in [0.29, 0.717) is 16.5 Å². The van der Waals surface area contributed by atoms with Gasteiger partial charge in [-0.15, -0.1) is 11.3 Å². The van der Waals surface area contributed by atoms with E-state index in [1.165, 1.54) is 23.3 Å². The Balaban J connectivity index is 2.21. The molecule has 1 aliphatic carbocycles. The van der Waals surface area contributed by atoms with E-state index in [0.717, 1.165) is 24.8 Å². The summed E-state index contributed by atoms with van der Waals surface area (Å²) >= 11 is 1.51. The molecule has 1 aliphatic rings. The van der Waals surface area contributed by atoms with Crippen molar-refractivity contribution in [3.8, 4) is 0 Å². The van der Waals surface area contributed by atoms with Gasteiger partial charge < -0.3 is 15.4 Å². The lowest BCUT2D eigenvalue weighted by atomic mass is 9.88. The van der Waals surface area contributed by atoms with E-state index in [2.05, 4.69) is 17.6 Å². The lowest BCUT2D eigenvalue weighted by molar-refractivity contribution is -0.115. The molecule has 0 radical (unpaired) electrons. The highest BCUT2D eigenvalue weighted by atomic mass is 32.1. The van der Waals surface area contributed by atoms with Crippen LogP contribution in [0.2, 0.25) is 0 Å². The zero-order chi connectivity index (χ0) is 17.2. The number of methoxy groups -OCH3 is 1. The average Bonchev–Trinajstić information content (AvgIpc) is 2.80. The number of thiophene rings is 1. The Labute approximate surface area is 141 Å². The molecule has 0 saturated carbocycles. The molecule has 0 fully saturated rings. The number of amides is 1. The molecule has 6 heteroatoms. The molecular formula is C17H26N2O3S.